The third kappa shape index (κ3) is 33.0. The molecule has 20 N–H and O–H groups in total. The smallest absolute Gasteiger partial charge is 0.303 e. The minimum Gasteiger partial charge on any atom is -0.481 e. The van der Waals surface area contributed by atoms with Crippen molar-refractivity contribution >= 4 is 65.2 Å². The highest BCUT2D eigenvalue weighted by atomic mass is 16.4. The molecule has 0 unspecified atom stereocenters. The number of nitrogens with zero attached hydrogens (tertiary/aromatic N) is 2. The highest BCUT2D eigenvalue weighted by Crippen LogP contribution is 2.14. The maximum Gasteiger partial charge on any atom is 0.303 e. The number of carboxylic acid groups (broad SMARTS) is 2. The standard InChI is InChI=1S/C44H82N14O11/c1-24(2)31(45)21-39(64)56-29(11-13-41(66)67)19-36(61)53-28(10-8-16-52-44(49)50)18-37(62)58-33(26(5)6)23-40(65)54-27(9-7-15-51-43(47)48)17-35(60)55-30(12-14-42(68)69)20-38(63)57-32(25(3)4)22-34(46)59/h24-33H,7-23,45H2,1-6H3,(H2,46,59)(H,53,61)(H,54,65)(H,55,60)(H,56,64)(H,57,63)(H,58,62)(H,66,67)(H,68,69)(H4,47,48,51)(H4,49,50,52)/t27-,28-,29-,30-,31+,32+,33+/m0/s1. The average Bonchev–Trinajstić information content (AvgIpc) is 3.20. The van der Waals surface area contributed by atoms with Crippen LogP contribution in [0.1, 0.15) is 138 Å². The molecule has 0 radical (unpaired) electrons. The van der Waals surface area contributed by atoms with Gasteiger partial charge in [-0.25, -0.2) is 0 Å². The summed E-state index contributed by atoms with van der Waals surface area (Å²) in [6.45, 7) is 11.2. The van der Waals surface area contributed by atoms with Crippen LogP contribution in [0, 0.1) is 17.8 Å². The zero-order valence-electron chi connectivity index (χ0n) is 41.2. The third-order valence-electron chi connectivity index (χ3n) is 11.0. The van der Waals surface area contributed by atoms with Crippen LogP contribution in [0.4, 0.5) is 0 Å². The highest BCUT2D eigenvalue weighted by molar-refractivity contribution is 5.84. The lowest BCUT2D eigenvalue weighted by atomic mass is 9.98. The lowest BCUT2D eigenvalue weighted by Crippen LogP contribution is -2.48. The molecule has 394 valence electrons. The number of aliphatic imine (C=N–C) groups is 2. The van der Waals surface area contributed by atoms with Crippen molar-refractivity contribution in [1.82, 2.24) is 31.9 Å². The van der Waals surface area contributed by atoms with E-state index in [0.717, 1.165) is 0 Å². The Morgan fingerprint density at radius 2 is 0.725 bits per heavy atom. The first kappa shape index (κ1) is 62.7. The number of rotatable bonds is 37. The fourth-order valence-electron chi connectivity index (χ4n) is 6.93. The van der Waals surface area contributed by atoms with Gasteiger partial charge in [-0.3, -0.25) is 53.1 Å². The molecule has 0 spiro atoms. The van der Waals surface area contributed by atoms with E-state index in [9.17, 15) is 53.4 Å². The second kappa shape index (κ2) is 34.1. The molecule has 25 heteroatoms. The molecule has 69 heavy (non-hydrogen) atoms. The van der Waals surface area contributed by atoms with Gasteiger partial charge in [-0.2, -0.15) is 0 Å². The summed E-state index contributed by atoms with van der Waals surface area (Å²) in [4.78, 5) is 122. The molecule has 0 aliphatic carbocycles. The fourth-order valence-corrected chi connectivity index (χ4v) is 6.93. The van der Waals surface area contributed by atoms with Crippen molar-refractivity contribution in [3.05, 3.63) is 0 Å². The van der Waals surface area contributed by atoms with E-state index < -0.39 is 95.6 Å². The van der Waals surface area contributed by atoms with Crippen LogP contribution in [0.2, 0.25) is 0 Å². The average molecular weight is 983 g/mol. The van der Waals surface area contributed by atoms with Gasteiger partial charge in [0.15, 0.2) is 11.9 Å². The number of nitrogens with two attached hydrogens (primary N) is 6. The van der Waals surface area contributed by atoms with Crippen LogP contribution in [-0.2, 0) is 43.2 Å². The second-order valence-electron chi connectivity index (χ2n) is 18.5. The number of hydrogen-bond acceptors (Lipinski definition) is 12. The number of guanidine groups is 2. The minimum absolute atomic E-state index is 0.00334. The van der Waals surface area contributed by atoms with Gasteiger partial charge in [-0.15, -0.1) is 0 Å². The molecule has 0 aliphatic rings. The molecular weight excluding hydrogens is 901 g/mol. The van der Waals surface area contributed by atoms with E-state index in [2.05, 4.69) is 41.9 Å². The summed E-state index contributed by atoms with van der Waals surface area (Å²) in [5.74, 6) is -6.72. The van der Waals surface area contributed by atoms with Crippen LogP contribution in [0.5, 0.6) is 0 Å². The summed E-state index contributed by atoms with van der Waals surface area (Å²) in [7, 11) is 0. The fraction of sp³-hybridized carbons (Fsp3) is 0.750. The van der Waals surface area contributed by atoms with Crippen molar-refractivity contribution in [2.75, 3.05) is 13.1 Å². The second-order valence-corrected chi connectivity index (χ2v) is 18.5. The van der Waals surface area contributed by atoms with E-state index in [-0.39, 0.29) is 126 Å². The topological polar surface area (TPSA) is 447 Å². The monoisotopic (exact) mass is 983 g/mol. The van der Waals surface area contributed by atoms with Gasteiger partial charge in [-0.05, 0) is 56.3 Å². The summed E-state index contributed by atoms with van der Waals surface area (Å²) in [6.07, 6.45) is -1.06. The van der Waals surface area contributed by atoms with Gasteiger partial charge in [-0.1, -0.05) is 41.5 Å². The molecule has 0 saturated heterocycles. The van der Waals surface area contributed by atoms with Crippen molar-refractivity contribution < 1.29 is 53.4 Å². The van der Waals surface area contributed by atoms with E-state index in [4.69, 9.17) is 34.4 Å². The summed E-state index contributed by atoms with van der Waals surface area (Å²) in [5, 5.41) is 35.3. The first-order valence-corrected chi connectivity index (χ1v) is 23.5. The molecule has 7 atom stereocenters. The van der Waals surface area contributed by atoms with Gasteiger partial charge in [0.25, 0.3) is 0 Å². The van der Waals surface area contributed by atoms with Gasteiger partial charge in [0, 0.05) is 113 Å². The van der Waals surface area contributed by atoms with Crippen molar-refractivity contribution in [2.45, 2.75) is 180 Å². The largest absolute Gasteiger partial charge is 0.481 e. The number of hydrogen-bond donors (Lipinski definition) is 14. The molecular formula is C44H82N14O11. The van der Waals surface area contributed by atoms with Crippen LogP contribution in [0.3, 0.4) is 0 Å². The maximum atomic E-state index is 13.6. The van der Waals surface area contributed by atoms with Crippen LogP contribution in [0.25, 0.3) is 0 Å². The maximum absolute atomic E-state index is 13.6. The summed E-state index contributed by atoms with van der Waals surface area (Å²) < 4.78 is 0. The Hall–Kier alpha value is -6.27. The first-order chi connectivity index (χ1) is 32.2. The van der Waals surface area contributed by atoms with E-state index in [1.54, 1.807) is 27.7 Å². The molecule has 7 amide bonds. The first-order valence-electron chi connectivity index (χ1n) is 23.5. The zero-order valence-corrected chi connectivity index (χ0v) is 41.2. The quantitative estimate of drug-likeness (QED) is 0.0186. The minimum atomic E-state index is -1.15. The van der Waals surface area contributed by atoms with E-state index in [1.165, 1.54) is 0 Å². The number of carbonyl (C=O) groups excluding carboxylic acids is 7. The molecule has 25 nitrogen and oxygen atoms in total. The number of amides is 7. The zero-order chi connectivity index (χ0) is 52.8. The molecule has 0 saturated carbocycles. The molecule has 0 aromatic heterocycles. The Morgan fingerprint density at radius 3 is 1.03 bits per heavy atom. The molecule has 0 aliphatic heterocycles. The van der Waals surface area contributed by atoms with Crippen LogP contribution in [-0.4, -0.2) is 131 Å². The molecule has 0 fully saturated rings. The Morgan fingerprint density at radius 1 is 0.420 bits per heavy atom. The van der Waals surface area contributed by atoms with Crippen LogP contribution >= 0.6 is 0 Å². The number of nitrogens with one attached hydrogen (secondary N) is 6. The number of carboxylic acids is 2. The number of carbonyl (C=O) groups is 9. The Kier molecular flexibility index (Phi) is 31.0. The van der Waals surface area contributed by atoms with Gasteiger partial charge < -0.3 is 76.5 Å². The summed E-state index contributed by atoms with van der Waals surface area (Å²) >= 11 is 0. The van der Waals surface area contributed by atoms with Crippen molar-refractivity contribution in [2.24, 2.45) is 62.1 Å². The molecule has 0 heterocycles. The lowest BCUT2D eigenvalue weighted by Gasteiger charge is -2.26. The highest BCUT2D eigenvalue weighted by Gasteiger charge is 2.28. The molecule has 0 rings (SSSR count). The summed E-state index contributed by atoms with van der Waals surface area (Å²) in [5.41, 5.74) is 33.3. The molecule has 0 aromatic rings. The lowest BCUT2D eigenvalue weighted by molar-refractivity contribution is -0.138. The van der Waals surface area contributed by atoms with Gasteiger partial charge in [0.1, 0.15) is 0 Å². The Bertz CT molecular complexity index is 1740. The van der Waals surface area contributed by atoms with Crippen LogP contribution in [0.15, 0.2) is 9.98 Å². The predicted octanol–water partition coefficient (Wildman–Crippen LogP) is -1.76. The summed E-state index contributed by atoms with van der Waals surface area (Å²) in [6, 6.07) is -5.04. The van der Waals surface area contributed by atoms with Gasteiger partial charge >= 0.3 is 11.9 Å². The molecule has 0 aromatic carbocycles. The van der Waals surface area contributed by atoms with Crippen molar-refractivity contribution in [1.29, 1.82) is 0 Å². The number of primary amides is 1. The van der Waals surface area contributed by atoms with E-state index in [1.807, 2.05) is 13.8 Å². The van der Waals surface area contributed by atoms with E-state index >= 15 is 0 Å². The van der Waals surface area contributed by atoms with Crippen molar-refractivity contribution in [3.8, 4) is 0 Å². The third-order valence-corrected chi connectivity index (χ3v) is 11.0. The number of aliphatic carboxylic acids is 2. The Balaban J connectivity index is 6.13. The predicted molar refractivity (Wildman–Crippen MR) is 259 cm³/mol. The van der Waals surface area contributed by atoms with Gasteiger partial charge in [0.2, 0.25) is 41.4 Å². The molecule has 0 bridgehead atoms. The normalized spacial score (nSPS) is 14.2. The van der Waals surface area contributed by atoms with Crippen molar-refractivity contribution in [3.63, 3.8) is 0 Å². The van der Waals surface area contributed by atoms with Crippen LogP contribution < -0.4 is 66.3 Å². The van der Waals surface area contributed by atoms with E-state index in [0.29, 0.717) is 12.8 Å². The van der Waals surface area contributed by atoms with Gasteiger partial charge in [0.05, 0.1) is 0 Å². The Labute approximate surface area is 405 Å². The SMILES string of the molecule is CC(C)[C@H](N)CC(=O)N[C@@H](CCC(=O)O)CC(=O)N[C@@H](CCCN=C(N)N)CC(=O)N[C@H](CC(=O)N[C@@H](CCCN=C(N)N)CC(=O)N[C@@H](CCC(=O)O)CC(=O)N[C@H](CC(N)=O)C(C)C)C(C)C.